The molecule has 0 spiro atoms. The van der Waals surface area contributed by atoms with Crippen LogP contribution >= 0.6 is 11.6 Å². The average Bonchev–Trinajstić information content (AvgIpc) is 3.08. The van der Waals surface area contributed by atoms with E-state index in [1.807, 2.05) is 45.0 Å². The average molecular weight is 478 g/mol. The maximum atomic E-state index is 14.1. The predicted molar refractivity (Wildman–Crippen MR) is 132 cm³/mol. The molecule has 0 aliphatic heterocycles. The third kappa shape index (κ3) is 5.29. The first-order chi connectivity index (χ1) is 16.3. The lowest BCUT2D eigenvalue weighted by molar-refractivity contribution is 0.102. The summed E-state index contributed by atoms with van der Waals surface area (Å²) in [5.41, 5.74) is 4.96. The van der Waals surface area contributed by atoms with Gasteiger partial charge in [0, 0.05) is 11.1 Å². The molecule has 4 aromatic rings. The number of nitrogens with one attached hydrogen (secondary N) is 1. The zero-order chi connectivity index (χ0) is 24.2. The van der Waals surface area contributed by atoms with Crippen LogP contribution in [0.3, 0.4) is 0 Å². The lowest BCUT2D eigenvalue weighted by atomic mass is 10.1. The first-order valence-corrected chi connectivity index (χ1v) is 11.3. The second-order valence-electron chi connectivity index (χ2n) is 8.17. The highest BCUT2D eigenvalue weighted by Gasteiger charge is 2.17. The molecule has 4 rings (SSSR count). The van der Waals surface area contributed by atoms with Crippen LogP contribution in [0.2, 0.25) is 5.02 Å². The molecule has 0 aliphatic rings. The number of hydrogen-bond acceptors (Lipinski definition) is 3. The summed E-state index contributed by atoms with van der Waals surface area (Å²) >= 11 is 6.21. The molecule has 174 valence electrons. The van der Waals surface area contributed by atoms with Crippen molar-refractivity contribution in [1.82, 2.24) is 9.78 Å². The Morgan fingerprint density at radius 1 is 1.06 bits per heavy atom. The molecule has 3 aromatic carbocycles. The number of nitrogens with zero attached hydrogens (tertiary/aromatic N) is 2. The number of carbonyl (C=O) groups excluding carboxylic acids is 1. The first-order valence-electron chi connectivity index (χ1n) is 10.9. The third-order valence-electron chi connectivity index (χ3n) is 5.57. The van der Waals surface area contributed by atoms with Crippen molar-refractivity contribution in [3.05, 3.63) is 111 Å². The topological polar surface area (TPSA) is 56.1 Å². The van der Waals surface area contributed by atoms with E-state index >= 15 is 0 Å². The second-order valence-corrected chi connectivity index (χ2v) is 8.58. The zero-order valence-electron chi connectivity index (χ0n) is 19.2. The smallest absolute Gasteiger partial charge is 0.255 e. The molecule has 0 saturated carbocycles. The van der Waals surface area contributed by atoms with Gasteiger partial charge in [0.25, 0.3) is 5.91 Å². The summed E-state index contributed by atoms with van der Waals surface area (Å²) in [6.45, 7) is 6.20. The van der Waals surface area contributed by atoms with Gasteiger partial charge in [0.05, 0.1) is 28.6 Å². The molecule has 0 unspecified atom stereocenters. The first kappa shape index (κ1) is 23.5. The van der Waals surface area contributed by atoms with Gasteiger partial charge in [-0.25, -0.2) is 4.39 Å². The Morgan fingerprint density at radius 2 is 1.85 bits per heavy atom. The number of rotatable bonds is 7. The van der Waals surface area contributed by atoms with Crippen LogP contribution in [0, 0.1) is 26.6 Å². The number of halogens is 2. The summed E-state index contributed by atoms with van der Waals surface area (Å²) < 4.78 is 21.6. The summed E-state index contributed by atoms with van der Waals surface area (Å²) in [6, 6.07) is 19.4. The lowest BCUT2D eigenvalue weighted by Crippen LogP contribution is -2.14. The highest BCUT2D eigenvalue weighted by molar-refractivity contribution is 6.32. The molecule has 1 aromatic heterocycles. The highest BCUT2D eigenvalue weighted by Crippen LogP contribution is 2.26. The van der Waals surface area contributed by atoms with E-state index in [1.165, 1.54) is 6.07 Å². The van der Waals surface area contributed by atoms with E-state index in [1.54, 1.807) is 41.1 Å². The minimum Gasteiger partial charge on any atom is -0.487 e. The molecular formula is C27H25ClFN3O2. The summed E-state index contributed by atoms with van der Waals surface area (Å²) in [5.74, 6) is 0.0590. The van der Waals surface area contributed by atoms with Crippen molar-refractivity contribution >= 4 is 23.2 Å². The third-order valence-corrected chi connectivity index (χ3v) is 5.88. The van der Waals surface area contributed by atoms with E-state index in [9.17, 15) is 9.18 Å². The fraction of sp³-hybridized carbons (Fsp3) is 0.185. The monoisotopic (exact) mass is 477 g/mol. The molecule has 34 heavy (non-hydrogen) atoms. The van der Waals surface area contributed by atoms with E-state index in [0.717, 1.165) is 16.8 Å². The van der Waals surface area contributed by atoms with Crippen LogP contribution in [0.1, 0.15) is 38.4 Å². The van der Waals surface area contributed by atoms with Crippen molar-refractivity contribution in [2.75, 3.05) is 5.32 Å². The Bertz CT molecular complexity index is 1350. The number of anilines is 1. The predicted octanol–water partition coefficient (Wildman–Crippen LogP) is 6.48. The Hall–Kier alpha value is -3.64. The van der Waals surface area contributed by atoms with Gasteiger partial charge in [-0.05, 0) is 62.2 Å². The maximum absolute atomic E-state index is 14.1. The van der Waals surface area contributed by atoms with Crippen molar-refractivity contribution < 1.29 is 13.9 Å². The van der Waals surface area contributed by atoms with Gasteiger partial charge in [-0.2, -0.15) is 5.10 Å². The van der Waals surface area contributed by atoms with Gasteiger partial charge in [-0.15, -0.1) is 0 Å². The van der Waals surface area contributed by atoms with E-state index < -0.39 is 0 Å². The molecule has 0 aliphatic carbocycles. The molecule has 0 atom stereocenters. The normalized spacial score (nSPS) is 10.9. The molecule has 1 amide bonds. The molecule has 0 bridgehead atoms. The van der Waals surface area contributed by atoms with Crippen molar-refractivity contribution in [1.29, 1.82) is 0 Å². The Balaban J connectivity index is 1.47. The van der Waals surface area contributed by atoms with Crippen LogP contribution in [0.5, 0.6) is 5.75 Å². The number of ether oxygens (including phenoxy) is 1. The number of amides is 1. The van der Waals surface area contributed by atoms with Crippen LogP contribution < -0.4 is 10.1 Å². The molecule has 1 heterocycles. The van der Waals surface area contributed by atoms with Crippen molar-refractivity contribution in [3.8, 4) is 5.75 Å². The minimum absolute atomic E-state index is 0.257. The summed E-state index contributed by atoms with van der Waals surface area (Å²) in [4.78, 5) is 13.0. The Kier molecular flexibility index (Phi) is 6.98. The van der Waals surface area contributed by atoms with Crippen LogP contribution in [-0.4, -0.2) is 15.7 Å². The lowest BCUT2D eigenvalue weighted by Gasteiger charge is -2.11. The highest BCUT2D eigenvalue weighted by atomic mass is 35.5. The molecule has 0 saturated heterocycles. The number of hydrogen-bond donors (Lipinski definition) is 1. The Morgan fingerprint density at radius 3 is 2.65 bits per heavy atom. The second kappa shape index (κ2) is 10.1. The van der Waals surface area contributed by atoms with E-state index in [4.69, 9.17) is 16.3 Å². The van der Waals surface area contributed by atoms with Gasteiger partial charge in [-0.1, -0.05) is 48.0 Å². The van der Waals surface area contributed by atoms with Gasteiger partial charge < -0.3 is 10.1 Å². The fourth-order valence-corrected chi connectivity index (χ4v) is 3.86. The number of carbonyl (C=O) groups is 1. The number of benzene rings is 3. The van der Waals surface area contributed by atoms with E-state index in [0.29, 0.717) is 33.3 Å². The summed E-state index contributed by atoms with van der Waals surface area (Å²) in [7, 11) is 0. The fourth-order valence-electron chi connectivity index (χ4n) is 3.69. The van der Waals surface area contributed by atoms with Crippen molar-refractivity contribution in [2.24, 2.45) is 0 Å². The molecule has 0 radical (unpaired) electrons. The van der Waals surface area contributed by atoms with Crippen LogP contribution in [0.25, 0.3) is 0 Å². The van der Waals surface area contributed by atoms with E-state index in [-0.39, 0.29) is 24.9 Å². The van der Waals surface area contributed by atoms with Gasteiger partial charge >= 0.3 is 0 Å². The number of aryl methyl sites for hydroxylation is 2. The van der Waals surface area contributed by atoms with E-state index in [2.05, 4.69) is 10.4 Å². The minimum atomic E-state index is -0.286. The summed E-state index contributed by atoms with van der Waals surface area (Å²) in [6.07, 6.45) is 0. The largest absolute Gasteiger partial charge is 0.487 e. The number of aromatic nitrogens is 2. The van der Waals surface area contributed by atoms with Gasteiger partial charge in [0.1, 0.15) is 18.2 Å². The SMILES string of the molecule is Cc1ccc(Cl)c(OCc2cccc(C(=O)Nc3c(C)nn(Cc4ccccc4F)c3C)c2)c1. The Labute approximate surface area is 203 Å². The van der Waals surface area contributed by atoms with Crippen molar-refractivity contribution in [2.45, 2.75) is 33.9 Å². The van der Waals surface area contributed by atoms with Crippen molar-refractivity contribution in [3.63, 3.8) is 0 Å². The molecular weight excluding hydrogens is 453 g/mol. The molecule has 5 nitrogen and oxygen atoms in total. The van der Waals surface area contributed by atoms with Crippen LogP contribution in [-0.2, 0) is 13.2 Å². The van der Waals surface area contributed by atoms with Gasteiger partial charge in [0.15, 0.2) is 0 Å². The maximum Gasteiger partial charge on any atom is 0.255 e. The summed E-state index contributed by atoms with van der Waals surface area (Å²) in [5, 5.41) is 7.99. The molecule has 0 fully saturated rings. The van der Waals surface area contributed by atoms with Gasteiger partial charge in [-0.3, -0.25) is 9.48 Å². The van der Waals surface area contributed by atoms with Gasteiger partial charge in [0.2, 0.25) is 0 Å². The zero-order valence-corrected chi connectivity index (χ0v) is 20.0. The van der Waals surface area contributed by atoms with Crippen LogP contribution in [0.4, 0.5) is 10.1 Å². The quantitative estimate of drug-likeness (QED) is 0.331. The molecule has 1 N–H and O–H groups in total. The standard InChI is InChI=1S/C27H25ClFN3O2/c1-17-11-12-23(28)25(13-17)34-16-20-7-6-9-21(14-20)27(33)30-26-18(2)31-32(19(26)3)15-22-8-4-5-10-24(22)29/h4-14H,15-16H2,1-3H3,(H,30,33). The molecule has 7 heteroatoms. The van der Waals surface area contributed by atoms with Crippen LogP contribution in [0.15, 0.2) is 66.7 Å².